The number of benzene rings is 1. The highest BCUT2D eigenvalue weighted by molar-refractivity contribution is 5.81. The van der Waals surface area contributed by atoms with Gasteiger partial charge in [-0.05, 0) is 44.3 Å². The number of carbonyl (C=O) groups is 1. The van der Waals surface area contributed by atoms with Gasteiger partial charge in [-0.2, -0.15) is 0 Å². The quantitative estimate of drug-likeness (QED) is 0.870. The summed E-state index contributed by atoms with van der Waals surface area (Å²) in [7, 11) is 0. The third kappa shape index (κ3) is 2.66. The van der Waals surface area contributed by atoms with E-state index >= 15 is 0 Å². The highest BCUT2D eigenvalue weighted by Gasteiger charge is 2.61. The Hall–Kier alpha value is -1.39. The van der Waals surface area contributed by atoms with E-state index in [2.05, 4.69) is 11.8 Å². The molecular formula is C20H29NO3. The molecule has 0 radical (unpaired) electrons. The molecule has 2 N–H and O–H groups in total. The van der Waals surface area contributed by atoms with Gasteiger partial charge in [0.15, 0.2) is 5.60 Å². The van der Waals surface area contributed by atoms with Crippen molar-refractivity contribution >= 4 is 5.97 Å². The predicted octanol–water partition coefficient (Wildman–Crippen LogP) is 3.05. The van der Waals surface area contributed by atoms with E-state index < -0.39 is 17.0 Å². The van der Waals surface area contributed by atoms with Crippen LogP contribution in [0.1, 0.15) is 51.0 Å². The van der Waals surface area contributed by atoms with Crippen LogP contribution in [0.2, 0.25) is 0 Å². The minimum absolute atomic E-state index is 0.220. The van der Waals surface area contributed by atoms with Crippen molar-refractivity contribution < 1.29 is 15.0 Å². The van der Waals surface area contributed by atoms with Crippen LogP contribution in [0.15, 0.2) is 30.3 Å². The molecule has 2 fully saturated rings. The van der Waals surface area contributed by atoms with Gasteiger partial charge in [0.1, 0.15) is 0 Å². The first-order valence-corrected chi connectivity index (χ1v) is 9.28. The fraction of sp³-hybridized carbons (Fsp3) is 0.650. The maximum atomic E-state index is 12.4. The Morgan fingerprint density at radius 1 is 1.25 bits per heavy atom. The Bertz CT molecular complexity index is 568. The lowest BCUT2D eigenvalue weighted by molar-refractivity contribution is -0.181. The van der Waals surface area contributed by atoms with E-state index in [9.17, 15) is 15.0 Å². The molecule has 4 nitrogen and oxygen atoms in total. The van der Waals surface area contributed by atoms with Crippen molar-refractivity contribution in [3.63, 3.8) is 0 Å². The second-order valence-corrected chi connectivity index (χ2v) is 7.46. The number of likely N-dealkylation sites (tertiary alicyclic amines) is 1. The zero-order valence-corrected chi connectivity index (χ0v) is 14.6. The first-order chi connectivity index (χ1) is 11.5. The van der Waals surface area contributed by atoms with Gasteiger partial charge in [0, 0.05) is 17.9 Å². The number of rotatable bonds is 5. The molecule has 1 aliphatic carbocycles. The molecule has 0 bridgehead atoms. The van der Waals surface area contributed by atoms with Crippen molar-refractivity contribution in [3.05, 3.63) is 35.9 Å². The molecule has 1 saturated heterocycles. The number of carboxylic acid groups (broad SMARTS) is 1. The van der Waals surface area contributed by atoms with Crippen LogP contribution < -0.4 is 0 Å². The first kappa shape index (κ1) is 17.4. The Kier molecular flexibility index (Phi) is 4.97. The van der Waals surface area contributed by atoms with Crippen LogP contribution >= 0.6 is 0 Å². The highest BCUT2D eigenvalue weighted by Crippen LogP contribution is 2.53. The largest absolute Gasteiger partial charge is 0.479 e. The average molecular weight is 331 g/mol. The first-order valence-electron chi connectivity index (χ1n) is 9.28. The van der Waals surface area contributed by atoms with Gasteiger partial charge in [0.05, 0.1) is 0 Å². The van der Waals surface area contributed by atoms with Gasteiger partial charge in [0.25, 0.3) is 0 Å². The van der Waals surface area contributed by atoms with E-state index in [1.165, 1.54) is 0 Å². The summed E-state index contributed by atoms with van der Waals surface area (Å²) in [5, 5.41) is 21.9. The Morgan fingerprint density at radius 3 is 2.50 bits per heavy atom. The molecule has 132 valence electrons. The Morgan fingerprint density at radius 2 is 1.92 bits per heavy atom. The van der Waals surface area contributed by atoms with Crippen LogP contribution in [0.5, 0.6) is 0 Å². The van der Waals surface area contributed by atoms with Crippen molar-refractivity contribution in [2.75, 3.05) is 19.6 Å². The summed E-state index contributed by atoms with van der Waals surface area (Å²) >= 11 is 0. The van der Waals surface area contributed by atoms with Crippen molar-refractivity contribution in [2.24, 2.45) is 5.92 Å². The van der Waals surface area contributed by atoms with Gasteiger partial charge in [-0.15, -0.1) is 0 Å². The smallest absolute Gasteiger partial charge is 0.336 e. The lowest BCUT2D eigenvalue weighted by Crippen LogP contribution is -2.63. The molecule has 1 aromatic rings. The van der Waals surface area contributed by atoms with Crippen LogP contribution in [0, 0.1) is 5.92 Å². The molecule has 24 heavy (non-hydrogen) atoms. The van der Waals surface area contributed by atoms with Crippen LogP contribution in [-0.2, 0) is 10.2 Å². The lowest BCUT2D eigenvalue weighted by atomic mass is 9.59. The fourth-order valence-electron chi connectivity index (χ4n) is 5.08. The predicted molar refractivity (Wildman–Crippen MR) is 94.0 cm³/mol. The number of piperidine rings is 1. The lowest BCUT2D eigenvalue weighted by Gasteiger charge is -2.49. The topological polar surface area (TPSA) is 60.8 Å². The van der Waals surface area contributed by atoms with Crippen molar-refractivity contribution in [1.82, 2.24) is 4.90 Å². The summed E-state index contributed by atoms with van der Waals surface area (Å²) in [5.74, 6) is -1.27. The molecule has 2 aliphatic rings. The standard InChI is InChI=1S/C20H29NO3/c1-2-21-14-8-11-17(15-21)20(24,18(22)23)19(12-6-7-13-19)16-9-4-3-5-10-16/h3-5,9-10,17,24H,2,6-8,11-15H2,1H3,(H,22,23). The van der Waals surface area contributed by atoms with Gasteiger partial charge < -0.3 is 15.1 Å². The van der Waals surface area contributed by atoms with E-state index in [0.717, 1.165) is 57.2 Å². The van der Waals surface area contributed by atoms with E-state index in [0.29, 0.717) is 6.54 Å². The summed E-state index contributed by atoms with van der Waals surface area (Å²) in [5.41, 5.74) is -1.37. The summed E-state index contributed by atoms with van der Waals surface area (Å²) in [4.78, 5) is 14.7. The minimum Gasteiger partial charge on any atom is -0.479 e. The van der Waals surface area contributed by atoms with E-state index in [1.807, 2.05) is 30.3 Å². The summed E-state index contributed by atoms with van der Waals surface area (Å²) in [6.45, 7) is 4.68. The normalized spacial score (nSPS) is 26.8. The number of aliphatic carboxylic acids is 1. The van der Waals surface area contributed by atoms with Gasteiger partial charge >= 0.3 is 5.97 Å². The number of carboxylic acids is 1. The third-order valence-electron chi connectivity index (χ3n) is 6.38. The second kappa shape index (κ2) is 6.85. The molecule has 1 heterocycles. The van der Waals surface area contributed by atoms with Crippen LogP contribution in [-0.4, -0.2) is 46.3 Å². The average Bonchev–Trinajstić information content (AvgIpc) is 3.13. The van der Waals surface area contributed by atoms with Crippen LogP contribution in [0.25, 0.3) is 0 Å². The summed E-state index contributed by atoms with van der Waals surface area (Å²) in [6.07, 6.45) is 5.21. The molecule has 0 spiro atoms. The summed E-state index contributed by atoms with van der Waals surface area (Å²) < 4.78 is 0. The zero-order chi connectivity index (χ0) is 17.2. The number of nitrogens with zero attached hydrogens (tertiary/aromatic N) is 1. The highest BCUT2D eigenvalue weighted by atomic mass is 16.4. The molecule has 3 rings (SSSR count). The molecule has 4 heteroatoms. The van der Waals surface area contributed by atoms with Crippen LogP contribution in [0.4, 0.5) is 0 Å². The van der Waals surface area contributed by atoms with Gasteiger partial charge in [0.2, 0.25) is 0 Å². The Balaban J connectivity index is 2.06. The van der Waals surface area contributed by atoms with Gasteiger partial charge in [-0.25, -0.2) is 4.79 Å². The van der Waals surface area contributed by atoms with E-state index in [1.54, 1.807) is 0 Å². The fourth-order valence-corrected chi connectivity index (χ4v) is 5.08. The van der Waals surface area contributed by atoms with Gasteiger partial charge in [-0.1, -0.05) is 50.1 Å². The molecule has 2 atom stereocenters. The SMILES string of the molecule is CCN1CCCC(C(O)(C(=O)O)C2(c3ccccc3)CCCC2)C1. The molecule has 0 amide bonds. The van der Waals surface area contributed by atoms with Crippen LogP contribution in [0.3, 0.4) is 0 Å². The Labute approximate surface area is 144 Å². The van der Waals surface area contributed by atoms with E-state index in [4.69, 9.17) is 0 Å². The van der Waals surface area contributed by atoms with E-state index in [-0.39, 0.29) is 5.92 Å². The third-order valence-corrected chi connectivity index (χ3v) is 6.38. The molecule has 0 aromatic heterocycles. The van der Waals surface area contributed by atoms with Crippen molar-refractivity contribution in [2.45, 2.75) is 56.5 Å². The minimum atomic E-state index is -1.70. The molecule has 2 unspecified atom stereocenters. The maximum Gasteiger partial charge on any atom is 0.336 e. The maximum absolute atomic E-state index is 12.4. The zero-order valence-electron chi connectivity index (χ0n) is 14.6. The monoisotopic (exact) mass is 331 g/mol. The number of hydrogen-bond donors (Lipinski definition) is 2. The second-order valence-electron chi connectivity index (χ2n) is 7.46. The summed E-state index contributed by atoms with van der Waals surface area (Å²) in [6, 6.07) is 9.86. The number of aliphatic hydroxyl groups is 1. The van der Waals surface area contributed by atoms with Crippen molar-refractivity contribution in [3.8, 4) is 0 Å². The molecule has 1 aliphatic heterocycles. The molecular weight excluding hydrogens is 302 g/mol. The van der Waals surface area contributed by atoms with Gasteiger partial charge in [-0.3, -0.25) is 0 Å². The van der Waals surface area contributed by atoms with Crippen molar-refractivity contribution in [1.29, 1.82) is 0 Å². The molecule has 1 saturated carbocycles. The molecule has 1 aromatic carbocycles. The number of hydrogen-bond acceptors (Lipinski definition) is 3.